The van der Waals surface area contributed by atoms with Crippen LogP contribution in [-0.4, -0.2) is 53.8 Å². The second kappa shape index (κ2) is 12.1. The van der Waals surface area contributed by atoms with Crippen molar-refractivity contribution in [1.29, 1.82) is 0 Å². The number of carbonyl (C=O) groups excluding carboxylic acids is 1. The van der Waals surface area contributed by atoms with Crippen LogP contribution in [0.5, 0.6) is 5.75 Å². The number of para-hydroxylation sites is 1. The van der Waals surface area contributed by atoms with Crippen LogP contribution in [0, 0.1) is 4.91 Å². The molecule has 2 aromatic heterocycles. The number of fused-ring (bicyclic) bond motifs is 1. The molecule has 0 saturated carbocycles. The maximum absolute atomic E-state index is 11.9. The smallest absolute Gasteiger partial charge is 0.261 e. The molecule has 0 fully saturated rings. The fourth-order valence-corrected chi connectivity index (χ4v) is 3.67. The van der Waals surface area contributed by atoms with Gasteiger partial charge in [0.05, 0.1) is 41.4 Å². The third-order valence-electron chi connectivity index (χ3n) is 5.31. The highest BCUT2D eigenvalue weighted by molar-refractivity contribution is 7.85. The number of hydrogen-bond donors (Lipinski definition) is 3. The SMILES string of the molecule is C=CC(=O)Nc1cc(Nc2nccc(-c3cn(C)c4ccccc34)n2)c(OC)cc1N(C)N=O.CS(=O)(=O)O. The first-order valence-corrected chi connectivity index (χ1v) is 13.1. The molecule has 0 aliphatic rings. The number of ether oxygens (including phenoxy) is 1. The lowest BCUT2D eigenvalue weighted by Gasteiger charge is -2.19. The lowest BCUT2D eigenvalue weighted by molar-refractivity contribution is -0.111. The predicted molar refractivity (Wildman–Crippen MR) is 151 cm³/mol. The number of carbonyl (C=O) groups is 1. The third kappa shape index (κ3) is 7.37. The molecule has 14 heteroatoms. The fourth-order valence-electron chi connectivity index (χ4n) is 3.67. The van der Waals surface area contributed by atoms with Gasteiger partial charge in [-0.1, -0.05) is 24.8 Å². The first-order chi connectivity index (χ1) is 18.4. The van der Waals surface area contributed by atoms with E-state index in [0.29, 0.717) is 35.0 Å². The van der Waals surface area contributed by atoms with E-state index < -0.39 is 16.0 Å². The van der Waals surface area contributed by atoms with Crippen molar-refractivity contribution < 1.29 is 22.5 Å². The van der Waals surface area contributed by atoms with Crippen molar-refractivity contribution in [2.75, 3.05) is 36.1 Å². The molecule has 1 amide bonds. The zero-order chi connectivity index (χ0) is 28.7. The summed E-state index contributed by atoms with van der Waals surface area (Å²) in [6.07, 6.45) is 5.54. The number of nitrogens with zero attached hydrogens (tertiary/aromatic N) is 5. The summed E-state index contributed by atoms with van der Waals surface area (Å²) in [4.78, 5) is 32.1. The molecular formula is C25H27N7O6S. The van der Waals surface area contributed by atoms with Gasteiger partial charge in [-0.25, -0.2) is 15.0 Å². The molecule has 0 unspecified atom stereocenters. The summed E-state index contributed by atoms with van der Waals surface area (Å²) in [6.45, 7) is 3.46. The second-order valence-electron chi connectivity index (χ2n) is 8.16. The summed E-state index contributed by atoms with van der Waals surface area (Å²) in [6, 6.07) is 13.1. The average molecular weight is 554 g/mol. The number of benzene rings is 2. The van der Waals surface area contributed by atoms with Gasteiger partial charge < -0.3 is 19.9 Å². The zero-order valence-corrected chi connectivity index (χ0v) is 22.4. The molecule has 2 heterocycles. The summed E-state index contributed by atoms with van der Waals surface area (Å²) in [5.74, 6) is 0.298. The summed E-state index contributed by atoms with van der Waals surface area (Å²) >= 11 is 0. The molecule has 3 N–H and O–H groups in total. The van der Waals surface area contributed by atoms with Crippen LogP contribution in [0.4, 0.5) is 23.0 Å². The quantitative estimate of drug-likeness (QED) is 0.125. The molecule has 0 bridgehead atoms. The van der Waals surface area contributed by atoms with Gasteiger partial charge in [0.2, 0.25) is 11.9 Å². The molecule has 0 saturated heterocycles. The molecule has 0 atom stereocenters. The maximum Gasteiger partial charge on any atom is 0.261 e. The molecule has 0 spiro atoms. The Bertz CT molecular complexity index is 1630. The van der Waals surface area contributed by atoms with E-state index in [1.165, 1.54) is 14.2 Å². The lowest BCUT2D eigenvalue weighted by Crippen LogP contribution is -2.15. The van der Waals surface area contributed by atoms with Crippen LogP contribution in [-0.2, 0) is 22.0 Å². The predicted octanol–water partition coefficient (Wildman–Crippen LogP) is 4.13. The van der Waals surface area contributed by atoms with E-state index in [1.807, 2.05) is 42.1 Å². The average Bonchev–Trinajstić information content (AvgIpc) is 3.24. The highest BCUT2D eigenvalue weighted by Crippen LogP contribution is 2.38. The van der Waals surface area contributed by atoms with Crippen LogP contribution in [0.25, 0.3) is 22.2 Å². The summed E-state index contributed by atoms with van der Waals surface area (Å²) < 4.78 is 33.4. The number of aromatic nitrogens is 3. The highest BCUT2D eigenvalue weighted by atomic mass is 32.2. The van der Waals surface area contributed by atoms with Gasteiger partial charge in [0.15, 0.2) is 0 Å². The van der Waals surface area contributed by atoms with E-state index >= 15 is 0 Å². The first kappa shape index (κ1) is 28.7. The van der Waals surface area contributed by atoms with Gasteiger partial charge in [0.1, 0.15) is 5.75 Å². The van der Waals surface area contributed by atoms with E-state index in [2.05, 4.69) is 38.5 Å². The molecule has 0 aliphatic heterocycles. The number of methoxy groups -OCH3 is 1. The molecular weight excluding hydrogens is 526 g/mol. The first-order valence-electron chi connectivity index (χ1n) is 11.2. The van der Waals surface area contributed by atoms with Crippen LogP contribution < -0.4 is 20.4 Å². The van der Waals surface area contributed by atoms with Gasteiger partial charge >= 0.3 is 0 Å². The Balaban J connectivity index is 0.000000771. The van der Waals surface area contributed by atoms with E-state index in [9.17, 15) is 18.1 Å². The van der Waals surface area contributed by atoms with Gasteiger partial charge in [-0.3, -0.25) is 9.35 Å². The fraction of sp³-hybridized carbons (Fsp3) is 0.160. The largest absolute Gasteiger partial charge is 0.494 e. The zero-order valence-electron chi connectivity index (χ0n) is 21.6. The Morgan fingerprint density at radius 1 is 1.23 bits per heavy atom. The van der Waals surface area contributed by atoms with Gasteiger partial charge in [-0.05, 0) is 24.3 Å². The van der Waals surface area contributed by atoms with Gasteiger partial charge in [-0.2, -0.15) is 8.42 Å². The molecule has 39 heavy (non-hydrogen) atoms. The van der Waals surface area contributed by atoms with Gasteiger partial charge in [-0.15, -0.1) is 4.91 Å². The molecule has 13 nitrogen and oxygen atoms in total. The number of anilines is 4. The van der Waals surface area contributed by atoms with E-state index in [4.69, 9.17) is 9.29 Å². The number of rotatable bonds is 8. The standard InChI is InChI=1S/C24H23N7O3.CH4O3S/c1-5-23(32)26-18-12-19(22(34-4)13-21(18)31(3)29-33)28-24-25-11-10-17(27-24)16-14-30(2)20-9-7-6-8-15(16)20;1-5(2,3)4/h5-14H,1H2,2-4H3,(H,26,32)(H,25,27,28);1H3,(H,2,3,4). The van der Waals surface area contributed by atoms with Gasteiger partial charge in [0.25, 0.3) is 10.1 Å². The number of hydrogen-bond acceptors (Lipinski definition) is 9. The van der Waals surface area contributed by atoms with Crippen molar-refractivity contribution in [1.82, 2.24) is 14.5 Å². The van der Waals surface area contributed by atoms with E-state index in [-0.39, 0.29) is 0 Å². The Labute approximate surface area is 224 Å². The second-order valence-corrected chi connectivity index (χ2v) is 9.63. The van der Waals surface area contributed by atoms with Crippen LogP contribution in [0.15, 0.2) is 72.8 Å². The minimum Gasteiger partial charge on any atom is -0.494 e. The summed E-state index contributed by atoms with van der Waals surface area (Å²) in [5, 5.41) is 10.9. The summed E-state index contributed by atoms with van der Waals surface area (Å²) in [7, 11) is 1.28. The summed E-state index contributed by atoms with van der Waals surface area (Å²) in [5.41, 5.74) is 3.98. The monoisotopic (exact) mass is 553 g/mol. The van der Waals surface area contributed by atoms with Crippen LogP contribution in [0.2, 0.25) is 0 Å². The van der Waals surface area contributed by atoms with Crippen LogP contribution in [0.1, 0.15) is 0 Å². The van der Waals surface area contributed by atoms with Crippen molar-refractivity contribution in [3.05, 3.63) is 72.4 Å². The maximum atomic E-state index is 11.9. The van der Waals surface area contributed by atoms with Crippen molar-refractivity contribution >= 4 is 49.9 Å². The topological polar surface area (TPSA) is 168 Å². The third-order valence-corrected chi connectivity index (χ3v) is 5.31. The molecule has 4 rings (SSSR count). The molecule has 4 aromatic rings. The highest BCUT2D eigenvalue weighted by Gasteiger charge is 2.17. The minimum atomic E-state index is -3.67. The van der Waals surface area contributed by atoms with Crippen molar-refractivity contribution in [3.8, 4) is 17.0 Å². The van der Waals surface area contributed by atoms with Crippen molar-refractivity contribution in [3.63, 3.8) is 0 Å². The number of nitroso groups, excluding NO2 is 1. The Kier molecular flexibility index (Phi) is 8.96. The molecule has 0 aliphatic carbocycles. The van der Waals surface area contributed by atoms with E-state index in [1.54, 1.807) is 18.3 Å². The molecule has 2 aromatic carbocycles. The normalized spacial score (nSPS) is 10.7. The molecule has 204 valence electrons. The van der Waals surface area contributed by atoms with Crippen molar-refractivity contribution in [2.45, 2.75) is 0 Å². The van der Waals surface area contributed by atoms with Gasteiger partial charge in [0, 0.05) is 49.0 Å². The molecule has 0 radical (unpaired) electrons. The number of aryl methyl sites for hydroxylation is 1. The number of amides is 1. The van der Waals surface area contributed by atoms with E-state index in [0.717, 1.165) is 33.2 Å². The van der Waals surface area contributed by atoms with Crippen LogP contribution >= 0.6 is 0 Å². The number of nitrogens with one attached hydrogen (secondary N) is 2. The lowest BCUT2D eigenvalue weighted by atomic mass is 10.1. The Morgan fingerprint density at radius 3 is 2.56 bits per heavy atom. The van der Waals surface area contributed by atoms with Crippen LogP contribution in [0.3, 0.4) is 0 Å². The van der Waals surface area contributed by atoms with Crippen molar-refractivity contribution in [2.24, 2.45) is 12.3 Å². The minimum absolute atomic E-state index is 0.333. The Hall–Kier alpha value is -4.82. The Morgan fingerprint density at radius 2 is 1.92 bits per heavy atom.